The molecule has 0 amide bonds. The minimum Gasteiger partial charge on any atom is -0.387 e. The second-order valence-corrected chi connectivity index (χ2v) is 16.4. The topological polar surface area (TPSA) is 269 Å². The van der Waals surface area contributed by atoms with Crippen molar-refractivity contribution in [1.82, 2.24) is 39.0 Å². The largest absolute Gasteiger partial charge is 0.389 e. The zero-order valence-corrected chi connectivity index (χ0v) is 26.9. The molecule has 6 N–H and O–H groups in total. The first-order valence-electron chi connectivity index (χ1n) is 14.0. The summed E-state index contributed by atoms with van der Waals surface area (Å²) in [7, 11) is -3.36. The van der Waals surface area contributed by atoms with E-state index in [9.17, 15) is 19.3 Å². The second-order valence-electron chi connectivity index (χ2n) is 10.9. The minimum atomic E-state index is -4.11. The molecule has 3 fully saturated rings. The third kappa shape index (κ3) is 5.68. The van der Waals surface area contributed by atoms with Crippen molar-refractivity contribution in [3.63, 3.8) is 0 Å². The molecule has 0 radical (unpaired) electrons. The summed E-state index contributed by atoms with van der Waals surface area (Å²) in [5.41, 5.74) is 13.0. The maximum Gasteiger partial charge on any atom is 0.389 e. The Labute approximate surface area is 264 Å². The fraction of sp³-hybridized carbons (Fsp3) is 0.565. The van der Waals surface area contributed by atoms with Gasteiger partial charge in [0.15, 0.2) is 35.4 Å². The van der Waals surface area contributed by atoms with Crippen LogP contribution in [-0.2, 0) is 36.7 Å². The van der Waals surface area contributed by atoms with Crippen LogP contribution in [0.1, 0.15) is 26.3 Å². The molecular weight excluding hydrogens is 670 g/mol. The van der Waals surface area contributed by atoms with Gasteiger partial charge in [0.25, 0.3) is 0 Å². The van der Waals surface area contributed by atoms with E-state index < -0.39 is 77.3 Å². The summed E-state index contributed by atoms with van der Waals surface area (Å²) in [4.78, 5) is 24.7. The summed E-state index contributed by atoms with van der Waals surface area (Å²) in [6.07, 6.45) is -4.76. The number of aromatic nitrogens is 8. The van der Waals surface area contributed by atoms with Crippen molar-refractivity contribution in [1.29, 1.82) is 0 Å². The highest BCUT2D eigenvalue weighted by molar-refractivity contribution is 8.55. The first kappa shape index (κ1) is 31.8. The quantitative estimate of drug-likeness (QED) is 0.214. The van der Waals surface area contributed by atoms with Crippen LogP contribution in [0.5, 0.6) is 0 Å². The van der Waals surface area contributed by atoms with Crippen LogP contribution in [0.4, 0.5) is 11.6 Å². The minimum absolute atomic E-state index is 0.119. The number of aliphatic hydroxyl groups excluding tert-OH is 2. The van der Waals surface area contributed by atoms with Crippen LogP contribution < -0.4 is 11.5 Å². The lowest BCUT2D eigenvalue weighted by Gasteiger charge is -2.27. The van der Waals surface area contributed by atoms with Gasteiger partial charge in [0, 0.05) is 5.25 Å². The Morgan fingerprint density at radius 3 is 2.13 bits per heavy atom. The Kier molecular flexibility index (Phi) is 8.52. The van der Waals surface area contributed by atoms with Crippen LogP contribution in [0.15, 0.2) is 25.3 Å². The summed E-state index contributed by atoms with van der Waals surface area (Å²) < 4.78 is 65.8. The molecular formula is C23H30N10O10P2S. The normalized spacial score (nSPS) is 35.6. The van der Waals surface area contributed by atoms with Gasteiger partial charge in [-0.1, -0.05) is 13.8 Å². The van der Waals surface area contributed by atoms with Crippen molar-refractivity contribution in [3.8, 4) is 0 Å². The van der Waals surface area contributed by atoms with Gasteiger partial charge in [0.2, 0.25) is 0 Å². The van der Waals surface area contributed by atoms with E-state index in [4.69, 9.17) is 39.0 Å². The number of nitrogens with two attached hydrogens (primary N) is 2. The highest BCUT2D eigenvalue weighted by Gasteiger charge is 2.52. The molecule has 20 nitrogen and oxygen atoms in total. The van der Waals surface area contributed by atoms with Gasteiger partial charge in [-0.25, -0.2) is 34.5 Å². The number of imidazole rings is 2. The fourth-order valence-electron chi connectivity index (χ4n) is 5.49. The Balaban J connectivity index is 1.21. The van der Waals surface area contributed by atoms with Crippen LogP contribution in [0.2, 0.25) is 0 Å². The van der Waals surface area contributed by atoms with Gasteiger partial charge >= 0.3 is 15.1 Å². The van der Waals surface area contributed by atoms with Crippen LogP contribution >= 0.6 is 26.4 Å². The second kappa shape index (κ2) is 12.3. The number of ether oxygens (including phenoxy) is 2. The number of nitrogen functional groups attached to an aromatic ring is 2. The number of hydrogen-bond acceptors (Lipinski definition) is 19. The van der Waals surface area contributed by atoms with Gasteiger partial charge in [-0.15, -0.1) is 0 Å². The molecule has 4 aromatic heterocycles. The van der Waals surface area contributed by atoms with E-state index in [1.165, 1.54) is 34.4 Å². The molecule has 46 heavy (non-hydrogen) atoms. The average molecular weight is 701 g/mol. The summed E-state index contributed by atoms with van der Waals surface area (Å²) in [5.74, 6) is 0.242. The van der Waals surface area contributed by atoms with E-state index in [2.05, 4.69) is 29.9 Å². The number of nitrogens with zero attached hydrogens (tertiary/aromatic N) is 8. The summed E-state index contributed by atoms with van der Waals surface area (Å²) in [5, 5.41) is 22.5. The lowest BCUT2D eigenvalue weighted by atomic mass is 10.1. The monoisotopic (exact) mass is 700 g/mol. The molecule has 7 rings (SSSR count). The van der Waals surface area contributed by atoms with Gasteiger partial charge in [0.05, 0.1) is 25.9 Å². The summed E-state index contributed by atoms with van der Waals surface area (Å²) in [6.45, 7) is -1.39. The highest BCUT2D eigenvalue weighted by Crippen LogP contribution is 2.64. The molecule has 4 aromatic rings. The van der Waals surface area contributed by atoms with Crippen LogP contribution in [0, 0.1) is 0 Å². The predicted octanol–water partition coefficient (Wildman–Crippen LogP) is 0.804. The maximum atomic E-state index is 14.3. The van der Waals surface area contributed by atoms with E-state index in [1.54, 1.807) is 13.8 Å². The number of anilines is 2. The average Bonchev–Trinajstić information content (AvgIpc) is 3.77. The molecule has 0 saturated carbocycles. The van der Waals surface area contributed by atoms with Crippen molar-refractivity contribution in [3.05, 3.63) is 25.3 Å². The fourth-order valence-corrected chi connectivity index (χ4v) is 10.3. The van der Waals surface area contributed by atoms with E-state index >= 15 is 0 Å². The van der Waals surface area contributed by atoms with Crippen LogP contribution in [0.3, 0.4) is 0 Å². The molecule has 3 saturated heterocycles. The van der Waals surface area contributed by atoms with Crippen molar-refractivity contribution < 1.29 is 46.9 Å². The van der Waals surface area contributed by atoms with Crippen LogP contribution in [0.25, 0.3) is 22.3 Å². The maximum absolute atomic E-state index is 14.3. The Morgan fingerprint density at radius 2 is 1.50 bits per heavy atom. The first-order valence-corrected chi connectivity index (χ1v) is 18.3. The molecule has 10 atom stereocenters. The molecule has 3 unspecified atom stereocenters. The SMILES string of the molecule is CC(C)SP1(=O)OC[C@H]2O[C@@H](n3cnc4c(N)ncnc43)[C@H](O[PH](=O)OCC3O[C@@H](n4cnc5c(N)ncnc54)[C@H](O)[C@@H]3O1)[C@@H]2O. The molecule has 3 aliphatic heterocycles. The van der Waals surface area contributed by atoms with E-state index in [0.717, 1.165) is 11.4 Å². The van der Waals surface area contributed by atoms with Crippen molar-refractivity contribution in [2.75, 3.05) is 24.7 Å². The Morgan fingerprint density at radius 1 is 0.891 bits per heavy atom. The first-order chi connectivity index (χ1) is 22.0. The number of hydrogen-bond donors (Lipinski definition) is 4. The molecule has 2 bridgehead atoms. The summed E-state index contributed by atoms with van der Waals surface area (Å²) >= 11 is 0.895. The van der Waals surface area contributed by atoms with E-state index in [-0.39, 0.29) is 39.2 Å². The predicted molar refractivity (Wildman–Crippen MR) is 160 cm³/mol. The molecule has 23 heteroatoms. The van der Waals surface area contributed by atoms with Crippen molar-refractivity contribution in [2.45, 2.75) is 68.2 Å². The Bertz CT molecular complexity index is 1830. The van der Waals surface area contributed by atoms with Crippen molar-refractivity contribution >= 4 is 60.4 Å². The number of fused-ring (bicyclic) bond motifs is 5. The molecule has 248 valence electrons. The van der Waals surface area contributed by atoms with Gasteiger partial charge in [-0.3, -0.25) is 27.3 Å². The van der Waals surface area contributed by atoms with Gasteiger partial charge < -0.3 is 35.7 Å². The van der Waals surface area contributed by atoms with Crippen molar-refractivity contribution in [2.24, 2.45) is 0 Å². The lowest BCUT2D eigenvalue weighted by molar-refractivity contribution is -0.0570. The molecule has 3 aliphatic rings. The molecule has 0 aromatic carbocycles. The highest BCUT2D eigenvalue weighted by atomic mass is 32.7. The number of aliphatic hydroxyl groups is 2. The smallest absolute Gasteiger partial charge is 0.387 e. The molecule has 0 aliphatic carbocycles. The van der Waals surface area contributed by atoms with E-state index in [1.807, 2.05) is 0 Å². The third-order valence-corrected chi connectivity index (χ3v) is 12.7. The zero-order chi connectivity index (χ0) is 32.3. The van der Waals surface area contributed by atoms with Crippen LogP contribution in [-0.4, -0.2) is 104 Å². The van der Waals surface area contributed by atoms with E-state index in [0.29, 0.717) is 0 Å². The lowest BCUT2D eigenvalue weighted by Crippen LogP contribution is -2.36. The zero-order valence-electron chi connectivity index (χ0n) is 24.2. The standard InChI is InChI=1S/C23H30N10O10P2S/c1-9(2)46-45(37)39-4-10-14(34)17(23(40-10)33-8-31-13-19(25)27-6-29-21(13)33)42-44(36)38-3-11-16(43-45)15(35)22(41-11)32-7-30-12-18(24)26-5-28-20(12)32/h5-11,14-17,22-23,34-35,44H,3-4H2,1-2H3,(H2,24,26,28)(H2,25,27,29)/t10-,11?,14-,15-,16-,17-,22-,23-,45?/m1/s1. The van der Waals surface area contributed by atoms with Gasteiger partial charge in [-0.2, -0.15) is 0 Å². The molecule has 7 heterocycles. The van der Waals surface area contributed by atoms with Gasteiger partial charge in [0.1, 0.15) is 60.3 Å². The third-order valence-electron chi connectivity index (χ3n) is 7.53. The molecule has 0 spiro atoms. The Hall–Kier alpha value is -2.81. The summed E-state index contributed by atoms with van der Waals surface area (Å²) in [6, 6.07) is 0. The number of rotatable bonds is 4. The van der Waals surface area contributed by atoms with Gasteiger partial charge in [-0.05, 0) is 11.4 Å².